The van der Waals surface area contributed by atoms with Gasteiger partial charge in [0.05, 0.1) is 5.25 Å². The maximum Gasteiger partial charge on any atom is 0.217 e. The Morgan fingerprint density at radius 2 is 1.70 bits per heavy atom. The number of rotatable bonds is 7. The molecule has 152 valence electrons. The van der Waals surface area contributed by atoms with Gasteiger partial charge in [-0.15, -0.1) is 0 Å². The number of aliphatic hydroxyl groups excluding tert-OH is 1. The van der Waals surface area contributed by atoms with E-state index in [1.54, 1.807) is 4.31 Å². The predicted octanol–water partition coefficient (Wildman–Crippen LogP) is 1.93. The van der Waals surface area contributed by atoms with Gasteiger partial charge in [0.25, 0.3) is 0 Å². The first-order valence-corrected chi connectivity index (χ1v) is 11.5. The molecule has 0 bridgehead atoms. The van der Waals surface area contributed by atoms with E-state index in [-0.39, 0.29) is 11.9 Å². The predicted molar refractivity (Wildman–Crippen MR) is 107 cm³/mol. The van der Waals surface area contributed by atoms with Crippen molar-refractivity contribution in [3.63, 3.8) is 0 Å². The Kier molecular flexibility index (Phi) is 6.78. The van der Waals surface area contributed by atoms with Crippen molar-refractivity contribution in [1.82, 2.24) is 9.21 Å². The van der Waals surface area contributed by atoms with Gasteiger partial charge in [-0.05, 0) is 63.7 Å². The number of sulfonamides is 1. The molecule has 0 aromatic heterocycles. The minimum atomic E-state index is -3.15. The Bertz CT molecular complexity index is 703. The lowest BCUT2D eigenvalue weighted by atomic mass is 10.1. The van der Waals surface area contributed by atoms with Crippen LogP contribution in [0.1, 0.15) is 36.8 Å². The molecular weight excluding hydrogens is 364 g/mol. The van der Waals surface area contributed by atoms with Gasteiger partial charge >= 0.3 is 0 Å². The summed E-state index contributed by atoms with van der Waals surface area (Å²) in [7, 11) is -3.15. The molecule has 0 saturated carbocycles. The second-order valence-electron chi connectivity index (χ2n) is 7.84. The molecule has 2 heterocycles. The second kappa shape index (κ2) is 8.90. The second-order valence-corrected chi connectivity index (χ2v) is 10.0. The smallest absolute Gasteiger partial charge is 0.217 e. The number of hydrogen-bond donors (Lipinski definition) is 1. The van der Waals surface area contributed by atoms with E-state index in [0.717, 1.165) is 29.7 Å². The van der Waals surface area contributed by atoms with E-state index in [4.69, 9.17) is 4.74 Å². The van der Waals surface area contributed by atoms with Crippen LogP contribution in [-0.2, 0) is 10.0 Å². The van der Waals surface area contributed by atoms with E-state index in [9.17, 15) is 13.5 Å². The molecule has 1 atom stereocenters. The van der Waals surface area contributed by atoms with Crippen molar-refractivity contribution in [2.75, 3.05) is 39.3 Å². The van der Waals surface area contributed by atoms with Crippen LogP contribution < -0.4 is 4.74 Å². The van der Waals surface area contributed by atoms with Crippen LogP contribution >= 0.6 is 0 Å². The summed E-state index contributed by atoms with van der Waals surface area (Å²) in [5.74, 6) is 0.840. The molecule has 2 aliphatic rings. The number of ether oxygens (including phenoxy) is 1. The van der Waals surface area contributed by atoms with Crippen LogP contribution in [0.4, 0.5) is 0 Å². The first-order valence-electron chi connectivity index (χ1n) is 9.96. The lowest BCUT2D eigenvalue weighted by molar-refractivity contribution is 0.0615. The van der Waals surface area contributed by atoms with Crippen molar-refractivity contribution in [3.8, 4) is 5.75 Å². The average molecular weight is 397 g/mol. The molecule has 2 aliphatic heterocycles. The summed E-state index contributed by atoms with van der Waals surface area (Å²) >= 11 is 0. The highest BCUT2D eigenvalue weighted by Crippen LogP contribution is 2.25. The van der Waals surface area contributed by atoms with E-state index >= 15 is 0 Å². The molecule has 1 aromatic rings. The molecule has 27 heavy (non-hydrogen) atoms. The van der Waals surface area contributed by atoms with Crippen LogP contribution in [0.5, 0.6) is 5.75 Å². The molecule has 0 aliphatic carbocycles. The Balaban J connectivity index is 1.45. The highest BCUT2D eigenvalue weighted by Gasteiger charge is 2.36. The molecule has 0 spiro atoms. The zero-order valence-corrected chi connectivity index (χ0v) is 17.2. The van der Waals surface area contributed by atoms with Gasteiger partial charge in [0.15, 0.2) is 0 Å². The van der Waals surface area contributed by atoms with Gasteiger partial charge in [-0.2, -0.15) is 0 Å². The Labute approximate surface area is 163 Å². The lowest BCUT2D eigenvalue weighted by Crippen LogP contribution is -2.46. The number of piperidine rings is 1. The maximum absolute atomic E-state index is 12.7. The number of para-hydroxylation sites is 1. The standard InChI is InChI=1S/C20H32N2O4S/c1-16-6-5-7-17(2)20(16)26-15-18(23)14-21-12-8-19(9-13-21)27(24,25)22-10-3-4-11-22/h5-7,18-19,23H,3-4,8-15H2,1-2H3. The summed E-state index contributed by atoms with van der Waals surface area (Å²) in [6, 6.07) is 5.99. The molecular formula is C20H32N2O4S. The van der Waals surface area contributed by atoms with E-state index in [2.05, 4.69) is 4.90 Å². The van der Waals surface area contributed by atoms with Crippen molar-refractivity contribution < 1.29 is 18.3 Å². The topological polar surface area (TPSA) is 70.1 Å². The van der Waals surface area contributed by atoms with Gasteiger partial charge in [-0.25, -0.2) is 12.7 Å². The highest BCUT2D eigenvalue weighted by atomic mass is 32.2. The normalized spacial score (nSPS) is 21.4. The minimum absolute atomic E-state index is 0.248. The summed E-state index contributed by atoms with van der Waals surface area (Å²) in [5.41, 5.74) is 2.13. The average Bonchev–Trinajstić information content (AvgIpc) is 3.17. The minimum Gasteiger partial charge on any atom is -0.490 e. The third-order valence-electron chi connectivity index (χ3n) is 5.68. The molecule has 0 radical (unpaired) electrons. The van der Waals surface area contributed by atoms with Crippen molar-refractivity contribution in [1.29, 1.82) is 0 Å². The molecule has 2 saturated heterocycles. The molecule has 3 rings (SSSR count). The number of hydrogen-bond acceptors (Lipinski definition) is 5. The van der Waals surface area contributed by atoms with Gasteiger partial charge in [0, 0.05) is 19.6 Å². The number of benzene rings is 1. The summed E-state index contributed by atoms with van der Waals surface area (Å²) in [6.07, 6.45) is 2.65. The third kappa shape index (κ3) is 5.02. The van der Waals surface area contributed by atoms with E-state index in [1.165, 1.54) is 0 Å². The quantitative estimate of drug-likeness (QED) is 0.763. The van der Waals surface area contributed by atoms with Crippen molar-refractivity contribution >= 4 is 10.0 Å². The van der Waals surface area contributed by atoms with E-state index < -0.39 is 16.1 Å². The van der Waals surface area contributed by atoms with Gasteiger partial charge in [0.1, 0.15) is 18.5 Å². The molecule has 1 N–H and O–H groups in total. The first kappa shape index (κ1) is 20.6. The van der Waals surface area contributed by atoms with E-state index in [1.807, 2.05) is 32.0 Å². The van der Waals surface area contributed by atoms with Gasteiger partial charge in [-0.1, -0.05) is 18.2 Å². The van der Waals surface area contributed by atoms with Crippen LogP contribution in [-0.4, -0.2) is 73.4 Å². The van der Waals surface area contributed by atoms with Gasteiger partial charge in [0.2, 0.25) is 10.0 Å². The number of likely N-dealkylation sites (tertiary alicyclic amines) is 1. The summed E-state index contributed by atoms with van der Waals surface area (Å²) in [6.45, 7) is 7.53. The number of nitrogens with zero attached hydrogens (tertiary/aromatic N) is 2. The number of β-amino-alcohol motifs (C(OH)–C–C–N with tert-alkyl or cyclic N) is 1. The zero-order valence-electron chi connectivity index (χ0n) is 16.4. The Morgan fingerprint density at radius 3 is 2.30 bits per heavy atom. The summed E-state index contributed by atoms with van der Waals surface area (Å²) in [5, 5.41) is 10.1. The SMILES string of the molecule is Cc1cccc(C)c1OCC(O)CN1CCC(S(=O)(=O)N2CCCC2)CC1. The molecule has 1 aromatic carbocycles. The largest absolute Gasteiger partial charge is 0.490 e. The highest BCUT2D eigenvalue weighted by molar-refractivity contribution is 7.89. The summed E-state index contributed by atoms with van der Waals surface area (Å²) in [4.78, 5) is 2.15. The fourth-order valence-electron chi connectivity index (χ4n) is 4.10. The van der Waals surface area contributed by atoms with Crippen molar-refractivity contribution in [2.45, 2.75) is 50.9 Å². The van der Waals surface area contributed by atoms with Crippen molar-refractivity contribution in [3.05, 3.63) is 29.3 Å². The maximum atomic E-state index is 12.7. The molecule has 2 fully saturated rings. The van der Waals surface area contributed by atoms with Crippen molar-refractivity contribution in [2.24, 2.45) is 0 Å². The molecule has 1 unspecified atom stereocenters. The van der Waals surface area contributed by atoms with Crippen LogP contribution in [0.2, 0.25) is 0 Å². The van der Waals surface area contributed by atoms with Crippen LogP contribution in [0.15, 0.2) is 18.2 Å². The molecule has 0 amide bonds. The molecule has 7 heteroatoms. The third-order valence-corrected chi connectivity index (χ3v) is 8.08. The zero-order chi connectivity index (χ0) is 19.4. The fourth-order valence-corrected chi connectivity index (χ4v) is 6.10. The fraction of sp³-hybridized carbons (Fsp3) is 0.700. The van der Waals surface area contributed by atoms with Crippen LogP contribution in [0, 0.1) is 13.8 Å². The number of aliphatic hydroxyl groups is 1. The van der Waals surface area contributed by atoms with Gasteiger partial charge in [-0.3, -0.25) is 0 Å². The Hall–Kier alpha value is -1.15. The van der Waals surface area contributed by atoms with Crippen LogP contribution in [0.25, 0.3) is 0 Å². The monoisotopic (exact) mass is 396 g/mol. The summed E-state index contributed by atoms with van der Waals surface area (Å²) < 4.78 is 32.9. The van der Waals surface area contributed by atoms with E-state index in [0.29, 0.717) is 45.6 Å². The van der Waals surface area contributed by atoms with Crippen LogP contribution in [0.3, 0.4) is 0 Å². The lowest BCUT2D eigenvalue weighted by Gasteiger charge is -2.34. The van der Waals surface area contributed by atoms with Gasteiger partial charge < -0.3 is 14.7 Å². The Morgan fingerprint density at radius 1 is 1.11 bits per heavy atom. The molecule has 6 nitrogen and oxygen atoms in total. The number of aryl methyl sites for hydroxylation is 2. The first-order chi connectivity index (χ1) is 12.9.